The Hall–Kier alpha value is -2.31. The van der Waals surface area contributed by atoms with Crippen molar-refractivity contribution < 1.29 is 4.79 Å². The molecule has 7 heteroatoms. The molecule has 128 valence electrons. The van der Waals surface area contributed by atoms with Crippen LogP contribution in [0.15, 0.2) is 53.7 Å². The lowest BCUT2D eigenvalue weighted by Crippen LogP contribution is -2.22. The Morgan fingerprint density at radius 3 is 2.72 bits per heavy atom. The van der Waals surface area contributed by atoms with E-state index in [9.17, 15) is 4.79 Å². The zero-order valence-electron chi connectivity index (χ0n) is 13.8. The number of nitrogens with zero attached hydrogens (tertiary/aromatic N) is 2. The number of aromatic nitrogens is 3. The molecule has 3 rings (SSSR count). The number of aryl methyl sites for hydroxylation is 1. The molecule has 1 atom stereocenters. The van der Waals surface area contributed by atoms with Crippen LogP contribution in [0.5, 0.6) is 0 Å². The van der Waals surface area contributed by atoms with E-state index in [4.69, 9.17) is 11.6 Å². The van der Waals surface area contributed by atoms with Gasteiger partial charge in [0.2, 0.25) is 11.1 Å². The molecule has 25 heavy (non-hydrogen) atoms. The molecule has 0 fully saturated rings. The first-order chi connectivity index (χ1) is 12.0. The summed E-state index contributed by atoms with van der Waals surface area (Å²) in [6, 6.07) is 15.1. The Bertz CT molecular complexity index is 879. The first-order valence-corrected chi connectivity index (χ1v) is 8.99. The molecule has 1 heterocycles. The summed E-state index contributed by atoms with van der Waals surface area (Å²) < 4.78 is 0. The predicted octanol–water partition coefficient (Wildman–Crippen LogP) is 4.55. The van der Waals surface area contributed by atoms with Gasteiger partial charge in [-0.15, -0.1) is 5.10 Å². The van der Waals surface area contributed by atoms with Gasteiger partial charge in [0.15, 0.2) is 5.82 Å². The number of aromatic amines is 1. The highest BCUT2D eigenvalue weighted by Gasteiger charge is 2.17. The van der Waals surface area contributed by atoms with Crippen molar-refractivity contribution in [2.75, 3.05) is 5.32 Å². The number of benzene rings is 2. The van der Waals surface area contributed by atoms with E-state index < -0.39 is 0 Å². The lowest BCUT2D eigenvalue weighted by atomic mass is 10.1. The van der Waals surface area contributed by atoms with E-state index in [1.165, 1.54) is 17.3 Å². The Morgan fingerprint density at radius 2 is 2.00 bits per heavy atom. The van der Waals surface area contributed by atoms with E-state index in [2.05, 4.69) is 20.5 Å². The van der Waals surface area contributed by atoms with E-state index in [1.807, 2.05) is 38.1 Å². The van der Waals surface area contributed by atoms with Gasteiger partial charge in [-0.3, -0.25) is 9.89 Å². The molecule has 1 aromatic heterocycles. The Balaban J connectivity index is 1.63. The lowest BCUT2D eigenvalue weighted by molar-refractivity contribution is -0.115. The molecular formula is C18H17ClN4OS. The number of carbonyl (C=O) groups is 1. The van der Waals surface area contributed by atoms with Gasteiger partial charge in [-0.1, -0.05) is 59.3 Å². The zero-order chi connectivity index (χ0) is 17.8. The molecule has 0 unspecified atom stereocenters. The molecular weight excluding hydrogens is 356 g/mol. The minimum atomic E-state index is -0.347. The number of halogens is 1. The standard InChI is InChI=1S/C18H17ClN4OS/c1-11-6-8-13(9-7-11)16-21-18(23-22-16)25-12(2)17(24)20-15-5-3-4-14(19)10-15/h3-10,12H,1-2H3,(H,20,24)(H,21,22,23)/t12-/m0/s1. The Kier molecular flexibility index (Phi) is 5.40. The molecule has 0 bridgehead atoms. The van der Waals surface area contributed by atoms with Gasteiger partial charge in [0.25, 0.3) is 0 Å². The van der Waals surface area contributed by atoms with Gasteiger partial charge < -0.3 is 5.32 Å². The molecule has 0 radical (unpaired) electrons. The number of amides is 1. The first kappa shape index (κ1) is 17.5. The van der Waals surface area contributed by atoms with Gasteiger partial charge in [-0.2, -0.15) is 0 Å². The van der Waals surface area contributed by atoms with Crippen molar-refractivity contribution in [3.8, 4) is 11.4 Å². The number of hydrogen-bond donors (Lipinski definition) is 2. The minimum absolute atomic E-state index is 0.131. The molecule has 0 saturated heterocycles. The van der Waals surface area contributed by atoms with E-state index in [0.29, 0.717) is 21.7 Å². The molecule has 0 spiro atoms. The average molecular weight is 373 g/mol. The van der Waals surface area contributed by atoms with Crippen molar-refractivity contribution in [1.29, 1.82) is 0 Å². The summed E-state index contributed by atoms with van der Waals surface area (Å²) in [5, 5.41) is 10.7. The third-order valence-corrected chi connectivity index (χ3v) is 4.73. The molecule has 0 saturated carbocycles. The number of carbonyl (C=O) groups excluding carboxylic acids is 1. The number of H-pyrrole nitrogens is 1. The lowest BCUT2D eigenvalue weighted by Gasteiger charge is -2.10. The van der Waals surface area contributed by atoms with Crippen molar-refractivity contribution >= 4 is 35.0 Å². The number of nitrogens with one attached hydrogen (secondary N) is 2. The first-order valence-electron chi connectivity index (χ1n) is 7.74. The molecule has 0 aliphatic heterocycles. The van der Waals surface area contributed by atoms with Crippen molar-refractivity contribution in [3.05, 3.63) is 59.1 Å². The van der Waals surface area contributed by atoms with Gasteiger partial charge in [0.1, 0.15) is 0 Å². The Morgan fingerprint density at radius 1 is 1.24 bits per heavy atom. The van der Waals surface area contributed by atoms with E-state index in [1.54, 1.807) is 24.3 Å². The van der Waals surface area contributed by atoms with Crippen LogP contribution in [0.3, 0.4) is 0 Å². The highest BCUT2D eigenvalue weighted by atomic mass is 35.5. The van der Waals surface area contributed by atoms with Crippen LogP contribution in [0.1, 0.15) is 12.5 Å². The van der Waals surface area contributed by atoms with Gasteiger partial charge >= 0.3 is 0 Å². The summed E-state index contributed by atoms with van der Waals surface area (Å²) in [5.41, 5.74) is 2.81. The summed E-state index contributed by atoms with van der Waals surface area (Å²) in [5.74, 6) is 0.555. The quantitative estimate of drug-likeness (QED) is 0.644. The molecule has 3 aromatic rings. The van der Waals surface area contributed by atoms with Crippen LogP contribution in [0.25, 0.3) is 11.4 Å². The smallest absolute Gasteiger partial charge is 0.237 e. The highest BCUT2D eigenvalue weighted by molar-refractivity contribution is 8.00. The highest BCUT2D eigenvalue weighted by Crippen LogP contribution is 2.24. The van der Waals surface area contributed by atoms with Crippen molar-refractivity contribution in [2.24, 2.45) is 0 Å². The predicted molar refractivity (Wildman–Crippen MR) is 102 cm³/mol. The second kappa shape index (κ2) is 7.72. The van der Waals surface area contributed by atoms with Gasteiger partial charge in [-0.05, 0) is 32.0 Å². The molecule has 5 nitrogen and oxygen atoms in total. The van der Waals surface area contributed by atoms with E-state index in [-0.39, 0.29) is 11.2 Å². The SMILES string of the molecule is Cc1ccc(-c2nc(S[C@@H](C)C(=O)Nc3cccc(Cl)c3)n[nH]2)cc1. The van der Waals surface area contributed by atoms with E-state index >= 15 is 0 Å². The molecule has 2 N–H and O–H groups in total. The van der Waals surface area contributed by atoms with Gasteiger partial charge in [0.05, 0.1) is 5.25 Å². The van der Waals surface area contributed by atoms with Crippen LogP contribution in [-0.2, 0) is 4.79 Å². The van der Waals surface area contributed by atoms with Crippen LogP contribution >= 0.6 is 23.4 Å². The minimum Gasteiger partial charge on any atom is -0.325 e. The third-order valence-electron chi connectivity index (χ3n) is 3.53. The van der Waals surface area contributed by atoms with Crippen LogP contribution in [0.4, 0.5) is 5.69 Å². The number of hydrogen-bond acceptors (Lipinski definition) is 4. The van der Waals surface area contributed by atoms with Gasteiger partial charge in [-0.25, -0.2) is 4.98 Å². The van der Waals surface area contributed by atoms with Crippen LogP contribution in [0.2, 0.25) is 5.02 Å². The fourth-order valence-corrected chi connectivity index (χ4v) is 3.08. The van der Waals surface area contributed by atoms with Crippen molar-refractivity contribution in [3.63, 3.8) is 0 Å². The Labute approximate surface area is 155 Å². The molecule has 0 aliphatic rings. The van der Waals surface area contributed by atoms with Crippen molar-refractivity contribution in [2.45, 2.75) is 24.3 Å². The molecule has 2 aromatic carbocycles. The maximum Gasteiger partial charge on any atom is 0.237 e. The summed E-state index contributed by atoms with van der Waals surface area (Å²) in [7, 11) is 0. The summed E-state index contributed by atoms with van der Waals surface area (Å²) >= 11 is 7.22. The number of thioether (sulfide) groups is 1. The average Bonchev–Trinajstić information content (AvgIpc) is 3.04. The number of rotatable bonds is 5. The second-order valence-corrected chi connectivity index (χ2v) is 7.34. The largest absolute Gasteiger partial charge is 0.325 e. The van der Waals surface area contributed by atoms with Crippen LogP contribution in [0, 0.1) is 6.92 Å². The third kappa shape index (κ3) is 4.61. The normalized spacial score (nSPS) is 12.0. The number of anilines is 1. The summed E-state index contributed by atoms with van der Waals surface area (Å²) in [6.45, 7) is 3.85. The second-order valence-electron chi connectivity index (χ2n) is 5.59. The molecule has 1 amide bonds. The topological polar surface area (TPSA) is 70.7 Å². The monoisotopic (exact) mass is 372 g/mol. The zero-order valence-corrected chi connectivity index (χ0v) is 15.4. The van der Waals surface area contributed by atoms with Gasteiger partial charge in [0, 0.05) is 16.3 Å². The van der Waals surface area contributed by atoms with Crippen molar-refractivity contribution in [1.82, 2.24) is 15.2 Å². The fourth-order valence-electron chi connectivity index (χ4n) is 2.16. The van der Waals surface area contributed by atoms with E-state index in [0.717, 1.165) is 5.56 Å². The maximum atomic E-state index is 12.3. The molecule has 0 aliphatic carbocycles. The van der Waals surface area contributed by atoms with Crippen LogP contribution < -0.4 is 5.32 Å². The summed E-state index contributed by atoms with van der Waals surface area (Å²) in [6.07, 6.45) is 0. The van der Waals surface area contributed by atoms with Crippen LogP contribution in [-0.4, -0.2) is 26.3 Å². The maximum absolute atomic E-state index is 12.3. The fraction of sp³-hybridized carbons (Fsp3) is 0.167. The summed E-state index contributed by atoms with van der Waals surface area (Å²) in [4.78, 5) is 16.8.